The monoisotopic (exact) mass is 272 g/mol. The van der Waals surface area contributed by atoms with E-state index in [0.717, 1.165) is 6.29 Å². The van der Waals surface area contributed by atoms with E-state index in [1.165, 1.54) is 0 Å². The predicted octanol–water partition coefficient (Wildman–Crippen LogP) is 2.12. The summed E-state index contributed by atoms with van der Waals surface area (Å²) in [5.74, 6) is -0.377. The van der Waals surface area contributed by atoms with Crippen molar-refractivity contribution in [3.8, 4) is 5.75 Å². The van der Waals surface area contributed by atoms with Gasteiger partial charge in [0.25, 0.3) is 0 Å². The number of benzene rings is 1. The Bertz CT molecular complexity index is 376. The van der Waals surface area contributed by atoms with Gasteiger partial charge in [-0.1, -0.05) is 0 Å². The van der Waals surface area contributed by atoms with Crippen molar-refractivity contribution < 1.29 is 19.4 Å². The summed E-state index contributed by atoms with van der Waals surface area (Å²) in [5.41, 5.74) is 0.535. The quantitative estimate of drug-likeness (QED) is 0.834. The van der Waals surface area contributed by atoms with Crippen LogP contribution in [0.2, 0.25) is 0 Å². The highest BCUT2D eigenvalue weighted by Crippen LogP contribution is 2.25. The van der Waals surface area contributed by atoms with Gasteiger partial charge in [0, 0.05) is 5.56 Å². The Morgan fingerprint density at radius 2 is 2.27 bits per heavy atom. The number of ether oxygens (including phenoxy) is 1. The van der Waals surface area contributed by atoms with Crippen LogP contribution in [-0.4, -0.2) is 24.0 Å². The number of rotatable bonds is 5. The van der Waals surface area contributed by atoms with Crippen molar-refractivity contribution in [2.75, 3.05) is 6.61 Å². The molecule has 0 aliphatic rings. The van der Waals surface area contributed by atoms with Gasteiger partial charge in [-0.15, -0.1) is 0 Å². The van der Waals surface area contributed by atoms with Crippen molar-refractivity contribution in [3.05, 3.63) is 28.2 Å². The first-order valence-electron chi connectivity index (χ1n) is 4.23. The van der Waals surface area contributed by atoms with Crippen LogP contribution in [0.15, 0.2) is 22.7 Å². The number of carbonyl (C=O) groups excluding carboxylic acids is 1. The van der Waals surface area contributed by atoms with E-state index >= 15 is 0 Å². The first-order valence-corrected chi connectivity index (χ1v) is 5.02. The molecule has 0 unspecified atom stereocenters. The van der Waals surface area contributed by atoms with Gasteiger partial charge in [-0.3, -0.25) is 9.59 Å². The summed E-state index contributed by atoms with van der Waals surface area (Å²) in [6.07, 6.45) is 0.674. The summed E-state index contributed by atoms with van der Waals surface area (Å²) in [5, 5.41) is 8.40. The number of carboxylic acid groups (broad SMARTS) is 1. The van der Waals surface area contributed by atoms with Crippen molar-refractivity contribution in [1.82, 2.24) is 0 Å². The van der Waals surface area contributed by atoms with Crippen LogP contribution in [0, 0.1) is 0 Å². The number of aliphatic carboxylic acids is 1. The molecule has 1 aromatic carbocycles. The smallest absolute Gasteiger partial charge is 0.306 e. The van der Waals surface area contributed by atoms with Crippen LogP contribution in [0.25, 0.3) is 0 Å². The van der Waals surface area contributed by atoms with Crippen LogP contribution in [-0.2, 0) is 4.79 Å². The Kier molecular flexibility index (Phi) is 4.30. The number of aldehydes is 1. The average molecular weight is 273 g/mol. The van der Waals surface area contributed by atoms with Crippen LogP contribution in [0.1, 0.15) is 16.8 Å². The molecule has 5 heteroatoms. The Balaban J connectivity index is 2.62. The van der Waals surface area contributed by atoms with Gasteiger partial charge in [0.15, 0.2) is 0 Å². The van der Waals surface area contributed by atoms with Gasteiger partial charge in [0.05, 0.1) is 17.5 Å². The number of hydrogen-bond donors (Lipinski definition) is 1. The molecule has 4 nitrogen and oxygen atoms in total. The zero-order valence-electron chi connectivity index (χ0n) is 7.77. The van der Waals surface area contributed by atoms with Gasteiger partial charge in [-0.25, -0.2) is 0 Å². The van der Waals surface area contributed by atoms with Crippen LogP contribution >= 0.6 is 15.9 Å². The van der Waals surface area contributed by atoms with Crippen molar-refractivity contribution in [1.29, 1.82) is 0 Å². The van der Waals surface area contributed by atoms with Gasteiger partial charge in [-0.2, -0.15) is 0 Å². The van der Waals surface area contributed by atoms with E-state index in [9.17, 15) is 9.59 Å². The highest BCUT2D eigenvalue weighted by molar-refractivity contribution is 9.10. The lowest BCUT2D eigenvalue weighted by atomic mass is 10.2. The number of carbonyl (C=O) groups is 2. The summed E-state index contributed by atoms with van der Waals surface area (Å²) in [4.78, 5) is 20.7. The Morgan fingerprint density at radius 1 is 1.53 bits per heavy atom. The molecule has 0 aromatic heterocycles. The Labute approximate surface area is 95.0 Å². The summed E-state index contributed by atoms with van der Waals surface area (Å²) in [6.45, 7) is 0.106. The van der Waals surface area contributed by atoms with Crippen LogP contribution in [0.4, 0.5) is 0 Å². The molecule has 0 heterocycles. The van der Waals surface area contributed by atoms with E-state index < -0.39 is 5.97 Å². The molecule has 1 aromatic rings. The van der Waals surface area contributed by atoms with Crippen LogP contribution in [0.5, 0.6) is 5.75 Å². The minimum Gasteiger partial charge on any atom is -0.492 e. The molecule has 15 heavy (non-hydrogen) atoms. The molecular formula is C10H9BrO4. The SMILES string of the molecule is O=Cc1ccc(OCCC(=O)O)c(Br)c1. The van der Waals surface area contributed by atoms with Crippen LogP contribution < -0.4 is 4.74 Å². The highest BCUT2D eigenvalue weighted by Gasteiger charge is 2.03. The van der Waals surface area contributed by atoms with Gasteiger partial charge < -0.3 is 9.84 Å². The lowest BCUT2D eigenvalue weighted by Crippen LogP contribution is -2.05. The lowest BCUT2D eigenvalue weighted by molar-refractivity contribution is -0.137. The fraction of sp³-hybridized carbons (Fsp3) is 0.200. The molecule has 0 aliphatic heterocycles. The zero-order valence-corrected chi connectivity index (χ0v) is 9.36. The standard InChI is InChI=1S/C10H9BrO4/c11-8-5-7(6-12)1-2-9(8)15-4-3-10(13)14/h1-2,5-6H,3-4H2,(H,13,14). The average Bonchev–Trinajstić information content (AvgIpc) is 2.20. The maximum absolute atomic E-state index is 10.4. The third-order valence-corrected chi connectivity index (χ3v) is 2.29. The second-order valence-electron chi connectivity index (χ2n) is 2.80. The fourth-order valence-electron chi connectivity index (χ4n) is 0.956. The van der Waals surface area contributed by atoms with Crippen molar-refractivity contribution in [3.63, 3.8) is 0 Å². The normalized spacial score (nSPS) is 9.67. The molecule has 0 saturated heterocycles. The van der Waals surface area contributed by atoms with Crippen molar-refractivity contribution in [2.24, 2.45) is 0 Å². The van der Waals surface area contributed by atoms with Gasteiger partial charge in [0.2, 0.25) is 0 Å². The predicted molar refractivity (Wildman–Crippen MR) is 57.3 cm³/mol. The molecule has 1 rings (SSSR count). The van der Waals surface area contributed by atoms with Crippen molar-refractivity contribution >= 4 is 28.2 Å². The Hall–Kier alpha value is -1.36. The van der Waals surface area contributed by atoms with Gasteiger partial charge >= 0.3 is 5.97 Å². The molecule has 80 valence electrons. The van der Waals surface area contributed by atoms with E-state index in [2.05, 4.69) is 15.9 Å². The minimum absolute atomic E-state index is 0.0537. The largest absolute Gasteiger partial charge is 0.492 e. The van der Waals surface area contributed by atoms with E-state index in [0.29, 0.717) is 15.8 Å². The topological polar surface area (TPSA) is 63.6 Å². The lowest BCUT2D eigenvalue weighted by Gasteiger charge is -2.06. The molecule has 1 N–H and O–H groups in total. The van der Waals surface area contributed by atoms with E-state index in [1.807, 2.05) is 0 Å². The molecule has 0 aliphatic carbocycles. The first-order chi connectivity index (χ1) is 7.13. The minimum atomic E-state index is -0.907. The number of carboxylic acids is 1. The third-order valence-electron chi connectivity index (χ3n) is 1.67. The number of hydrogen-bond acceptors (Lipinski definition) is 3. The van der Waals surface area contributed by atoms with E-state index in [1.54, 1.807) is 18.2 Å². The molecule has 0 saturated carbocycles. The zero-order chi connectivity index (χ0) is 11.3. The summed E-state index contributed by atoms with van der Waals surface area (Å²) in [7, 11) is 0. The fourth-order valence-corrected chi connectivity index (χ4v) is 1.47. The van der Waals surface area contributed by atoms with Gasteiger partial charge in [-0.05, 0) is 34.1 Å². The molecule has 0 fully saturated rings. The summed E-state index contributed by atoms with van der Waals surface area (Å²) >= 11 is 3.22. The number of halogens is 1. The van der Waals surface area contributed by atoms with Crippen LogP contribution in [0.3, 0.4) is 0 Å². The maximum atomic E-state index is 10.4. The molecule has 0 spiro atoms. The maximum Gasteiger partial charge on any atom is 0.306 e. The highest BCUT2D eigenvalue weighted by atomic mass is 79.9. The molecule has 0 bridgehead atoms. The second-order valence-corrected chi connectivity index (χ2v) is 3.65. The summed E-state index contributed by atoms with van der Waals surface area (Å²) in [6, 6.07) is 4.84. The molecule has 0 atom stereocenters. The summed E-state index contributed by atoms with van der Waals surface area (Å²) < 4.78 is 5.84. The van der Waals surface area contributed by atoms with Crippen molar-refractivity contribution in [2.45, 2.75) is 6.42 Å². The third kappa shape index (κ3) is 3.71. The van der Waals surface area contributed by atoms with E-state index in [-0.39, 0.29) is 13.0 Å². The van der Waals surface area contributed by atoms with E-state index in [4.69, 9.17) is 9.84 Å². The second kappa shape index (κ2) is 5.50. The Morgan fingerprint density at radius 3 is 2.80 bits per heavy atom. The molecular weight excluding hydrogens is 264 g/mol. The first kappa shape index (κ1) is 11.7. The van der Waals surface area contributed by atoms with Gasteiger partial charge in [0.1, 0.15) is 12.0 Å². The molecule has 0 amide bonds. The molecule has 0 radical (unpaired) electrons.